The lowest BCUT2D eigenvalue weighted by atomic mass is 10.1. The molecule has 0 atom stereocenters. The van der Waals surface area contributed by atoms with Gasteiger partial charge >= 0.3 is 0 Å². The highest BCUT2D eigenvalue weighted by atomic mass is 35.5. The van der Waals surface area contributed by atoms with Crippen molar-refractivity contribution in [1.29, 1.82) is 0 Å². The maximum atomic E-state index is 12.0. The number of phenolic OH excluding ortho intramolecular Hbond substituents is 1. The Morgan fingerprint density at radius 2 is 1.91 bits per heavy atom. The molecule has 0 aliphatic heterocycles. The van der Waals surface area contributed by atoms with E-state index in [1.807, 2.05) is 0 Å². The monoisotopic (exact) mass is 318 g/mol. The second-order valence-electron chi connectivity index (χ2n) is 4.53. The second-order valence-corrected chi connectivity index (χ2v) is 4.96. The Labute approximate surface area is 133 Å². The van der Waals surface area contributed by atoms with Gasteiger partial charge in [-0.25, -0.2) is 5.43 Å². The third kappa shape index (κ3) is 3.77. The predicted molar refractivity (Wildman–Crippen MR) is 85.8 cm³/mol. The number of aromatic hydroxyl groups is 1. The van der Waals surface area contributed by atoms with Gasteiger partial charge in [-0.15, -0.1) is 0 Å². The molecule has 0 radical (unpaired) electrons. The van der Waals surface area contributed by atoms with Gasteiger partial charge in [0.1, 0.15) is 11.5 Å². The van der Waals surface area contributed by atoms with Crippen molar-refractivity contribution < 1.29 is 14.6 Å². The molecule has 0 saturated heterocycles. The molecule has 0 aliphatic carbocycles. The van der Waals surface area contributed by atoms with Crippen molar-refractivity contribution in [2.24, 2.45) is 5.10 Å². The Balaban J connectivity index is 2.10. The molecule has 5 nitrogen and oxygen atoms in total. The minimum Gasteiger partial charge on any atom is -0.507 e. The van der Waals surface area contributed by atoms with Gasteiger partial charge in [-0.05, 0) is 49.4 Å². The molecule has 2 aromatic rings. The lowest BCUT2D eigenvalue weighted by Gasteiger charge is -2.06. The van der Waals surface area contributed by atoms with Crippen LogP contribution in [0, 0.1) is 0 Å². The summed E-state index contributed by atoms with van der Waals surface area (Å²) in [5.74, 6) is 0.324. The normalized spacial score (nSPS) is 11.1. The number of nitrogens with zero attached hydrogens (tertiary/aromatic N) is 1. The Hall–Kier alpha value is -2.53. The molecule has 0 spiro atoms. The second kappa shape index (κ2) is 6.95. The number of nitrogens with one attached hydrogen (secondary N) is 1. The highest BCUT2D eigenvalue weighted by Gasteiger charge is 2.08. The average molecular weight is 319 g/mol. The fourth-order valence-corrected chi connectivity index (χ4v) is 1.98. The SMILES string of the molecule is COc1ccc(C(=O)NN=C(C)c2ccc(Cl)cc2O)cc1. The van der Waals surface area contributed by atoms with Crippen LogP contribution in [-0.4, -0.2) is 23.8 Å². The number of carbonyl (C=O) groups is 1. The summed E-state index contributed by atoms with van der Waals surface area (Å²) in [5, 5.41) is 14.2. The van der Waals surface area contributed by atoms with Crippen molar-refractivity contribution in [1.82, 2.24) is 5.43 Å². The zero-order chi connectivity index (χ0) is 16.1. The van der Waals surface area contributed by atoms with Crippen LogP contribution in [0.3, 0.4) is 0 Å². The van der Waals surface area contributed by atoms with Crippen LogP contribution < -0.4 is 10.2 Å². The van der Waals surface area contributed by atoms with Crippen molar-refractivity contribution in [2.45, 2.75) is 6.92 Å². The topological polar surface area (TPSA) is 70.9 Å². The Morgan fingerprint density at radius 1 is 1.23 bits per heavy atom. The third-order valence-corrected chi connectivity index (χ3v) is 3.26. The minimum absolute atomic E-state index is 0.00689. The zero-order valence-corrected chi connectivity index (χ0v) is 12.9. The maximum absolute atomic E-state index is 12.0. The largest absolute Gasteiger partial charge is 0.507 e. The van der Waals surface area contributed by atoms with E-state index in [1.54, 1.807) is 50.4 Å². The zero-order valence-electron chi connectivity index (χ0n) is 12.1. The first-order chi connectivity index (χ1) is 10.5. The van der Waals surface area contributed by atoms with Crippen LogP contribution in [-0.2, 0) is 0 Å². The van der Waals surface area contributed by atoms with Crippen molar-refractivity contribution >= 4 is 23.2 Å². The van der Waals surface area contributed by atoms with Gasteiger partial charge in [-0.2, -0.15) is 5.10 Å². The number of hydrazone groups is 1. The molecule has 0 unspecified atom stereocenters. The van der Waals surface area contributed by atoms with Crippen molar-refractivity contribution in [3.8, 4) is 11.5 Å². The van der Waals surface area contributed by atoms with Gasteiger partial charge < -0.3 is 9.84 Å². The van der Waals surface area contributed by atoms with Crippen LogP contribution in [0.15, 0.2) is 47.6 Å². The molecular weight excluding hydrogens is 304 g/mol. The van der Waals surface area contributed by atoms with E-state index in [0.717, 1.165) is 0 Å². The maximum Gasteiger partial charge on any atom is 0.271 e. The number of benzene rings is 2. The lowest BCUT2D eigenvalue weighted by molar-refractivity contribution is 0.0955. The summed E-state index contributed by atoms with van der Waals surface area (Å²) in [4.78, 5) is 12.0. The van der Waals surface area contributed by atoms with Crippen molar-refractivity contribution in [3.63, 3.8) is 0 Å². The highest BCUT2D eigenvalue weighted by molar-refractivity contribution is 6.30. The van der Waals surface area contributed by atoms with E-state index in [-0.39, 0.29) is 11.7 Å². The van der Waals surface area contributed by atoms with Gasteiger partial charge in [-0.1, -0.05) is 11.6 Å². The number of ether oxygens (including phenoxy) is 1. The molecule has 114 valence electrons. The standard InChI is InChI=1S/C16H15ClN2O3/c1-10(14-8-5-12(17)9-15(14)20)18-19-16(21)11-3-6-13(22-2)7-4-11/h3-9,20H,1-2H3,(H,19,21). The van der Waals surface area contributed by atoms with Crippen LogP contribution >= 0.6 is 11.6 Å². The number of hydrogen-bond acceptors (Lipinski definition) is 4. The first-order valence-electron chi connectivity index (χ1n) is 6.49. The Kier molecular flexibility index (Phi) is 5.01. The van der Waals surface area contributed by atoms with E-state index in [2.05, 4.69) is 10.5 Å². The molecule has 22 heavy (non-hydrogen) atoms. The summed E-state index contributed by atoms with van der Waals surface area (Å²) >= 11 is 5.77. The molecule has 0 fully saturated rings. The molecule has 0 saturated carbocycles. The van der Waals surface area contributed by atoms with Gasteiger partial charge in [0.2, 0.25) is 0 Å². The van der Waals surface area contributed by atoms with Crippen LogP contribution in [0.25, 0.3) is 0 Å². The predicted octanol–water partition coefficient (Wildman–Crippen LogP) is 3.21. The third-order valence-electron chi connectivity index (χ3n) is 3.03. The van der Waals surface area contributed by atoms with E-state index in [4.69, 9.17) is 16.3 Å². The first-order valence-corrected chi connectivity index (χ1v) is 6.86. The van der Waals surface area contributed by atoms with E-state index in [1.165, 1.54) is 6.07 Å². The van der Waals surface area contributed by atoms with Gasteiger partial charge in [0, 0.05) is 16.1 Å². The Morgan fingerprint density at radius 3 is 2.50 bits per heavy atom. The van der Waals surface area contributed by atoms with Crippen LogP contribution in [0.2, 0.25) is 5.02 Å². The van der Waals surface area contributed by atoms with E-state index >= 15 is 0 Å². The minimum atomic E-state index is -0.351. The smallest absolute Gasteiger partial charge is 0.271 e. The Bertz CT molecular complexity index is 712. The number of hydrogen-bond donors (Lipinski definition) is 2. The summed E-state index contributed by atoms with van der Waals surface area (Å²) in [5.41, 5.74) is 3.86. The van der Waals surface area contributed by atoms with Gasteiger partial charge in [0.15, 0.2) is 0 Å². The van der Waals surface area contributed by atoms with Crippen LogP contribution in [0.1, 0.15) is 22.8 Å². The molecule has 2 aromatic carbocycles. The van der Waals surface area contributed by atoms with Crippen molar-refractivity contribution in [3.05, 3.63) is 58.6 Å². The quantitative estimate of drug-likeness (QED) is 0.671. The van der Waals surface area contributed by atoms with Gasteiger partial charge in [-0.3, -0.25) is 4.79 Å². The fourth-order valence-electron chi connectivity index (χ4n) is 1.81. The molecule has 2 N–H and O–H groups in total. The molecule has 0 heterocycles. The molecule has 2 rings (SSSR count). The fraction of sp³-hybridized carbons (Fsp3) is 0.125. The number of rotatable bonds is 4. The highest BCUT2D eigenvalue weighted by Crippen LogP contribution is 2.22. The molecular formula is C16H15ClN2O3. The van der Waals surface area contributed by atoms with E-state index in [0.29, 0.717) is 27.6 Å². The molecule has 0 aromatic heterocycles. The number of methoxy groups -OCH3 is 1. The molecule has 6 heteroatoms. The number of phenols is 1. The van der Waals surface area contributed by atoms with Crippen LogP contribution in [0.4, 0.5) is 0 Å². The average Bonchev–Trinajstić information content (AvgIpc) is 2.52. The number of amides is 1. The molecule has 1 amide bonds. The molecule has 0 aliphatic rings. The van der Waals surface area contributed by atoms with E-state index < -0.39 is 0 Å². The molecule has 0 bridgehead atoms. The summed E-state index contributed by atoms with van der Waals surface area (Å²) in [6, 6.07) is 11.3. The van der Waals surface area contributed by atoms with Crippen LogP contribution in [0.5, 0.6) is 11.5 Å². The van der Waals surface area contributed by atoms with Gasteiger partial charge in [0.05, 0.1) is 12.8 Å². The number of carbonyl (C=O) groups excluding carboxylic acids is 1. The summed E-state index contributed by atoms with van der Waals surface area (Å²) in [6.07, 6.45) is 0. The van der Waals surface area contributed by atoms with E-state index in [9.17, 15) is 9.90 Å². The summed E-state index contributed by atoms with van der Waals surface area (Å²) in [6.45, 7) is 1.68. The summed E-state index contributed by atoms with van der Waals surface area (Å²) < 4.78 is 5.03. The number of halogens is 1. The van der Waals surface area contributed by atoms with Crippen molar-refractivity contribution in [2.75, 3.05) is 7.11 Å². The lowest BCUT2D eigenvalue weighted by Crippen LogP contribution is -2.19. The first kappa shape index (κ1) is 15.9. The van der Waals surface area contributed by atoms with Gasteiger partial charge in [0.25, 0.3) is 5.91 Å². The summed E-state index contributed by atoms with van der Waals surface area (Å²) in [7, 11) is 1.56.